The lowest BCUT2D eigenvalue weighted by atomic mass is 10.1. The zero-order valence-corrected chi connectivity index (χ0v) is 19.9. The van der Waals surface area contributed by atoms with Crippen LogP contribution in [0.4, 0.5) is 0 Å². The SMILES string of the molecule is CCCc1c(OCCCSc2ccc(OC(C)=O)cc2Cl)ccc2c(CC)nsc12. The number of rotatable bonds is 10. The average molecular weight is 464 g/mol. The monoisotopic (exact) mass is 463 g/mol. The molecule has 0 unspecified atom stereocenters. The van der Waals surface area contributed by atoms with Crippen LogP contribution in [-0.2, 0) is 17.6 Å². The second kappa shape index (κ2) is 11.0. The van der Waals surface area contributed by atoms with E-state index >= 15 is 0 Å². The molecule has 2 aromatic carbocycles. The molecule has 0 bridgehead atoms. The smallest absolute Gasteiger partial charge is 0.308 e. The number of hydrogen-bond donors (Lipinski definition) is 0. The Hall–Kier alpha value is -1.76. The molecule has 30 heavy (non-hydrogen) atoms. The van der Waals surface area contributed by atoms with Crippen molar-refractivity contribution >= 4 is 51.0 Å². The summed E-state index contributed by atoms with van der Waals surface area (Å²) in [6, 6.07) is 9.56. The molecule has 0 saturated heterocycles. The summed E-state index contributed by atoms with van der Waals surface area (Å²) >= 11 is 9.56. The maximum Gasteiger partial charge on any atom is 0.308 e. The van der Waals surface area contributed by atoms with Crippen molar-refractivity contribution in [1.29, 1.82) is 0 Å². The molecule has 0 aliphatic heterocycles. The molecule has 0 saturated carbocycles. The van der Waals surface area contributed by atoms with E-state index in [1.165, 1.54) is 28.3 Å². The van der Waals surface area contributed by atoms with Crippen molar-refractivity contribution in [3.63, 3.8) is 0 Å². The van der Waals surface area contributed by atoms with E-state index in [-0.39, 0.29) is 5.97 Å². The summed E-state index contributed by atoms with van der Waals surface area (Å²) in [6.45, 7) is 6.36. The van der Waals surface area contributed by atoms with E-state index in [9.17, 15) is 4.79 Å². The van der Waals surface area contributed by atoms with Gasteiger partial charge >= 0.3 is 5.97 Å². The molecule has 0 radical (unpaired) electrons. The summed E-state index contributed by atoms with van der Waals surface area (Å²) in [6.07, 6.45) is 3.93. The number of carbonyl (C=O) groups excluding carboxylic acids is 1. The first-order valence-corrected chi connectivity index (χ1v) is 12.3. The minimum Gasteiger partial charge on any atom is -0.493 e. The Kier molecular flexibility index (Phi) is 8.42. The molecule has 0 amide bonds. The van der Waals surface area contributed by atoms with Crippen LogP contribution in [0.1, 0.15) is 44.9 Å². The number of nitrogens with zero attached hydrogens (tertiary/aromatic N) is 1. The minimum absolute atomic E-state index is 0.353. The number of halogens is 1. The normalized spacial score (nSPS) is 11.1. The third-order valence-corrected chi connectivity index (χ3v) is 7.12. The van der Waals surface area contributed by atoms with Crippen LogP contribution >= 0.6 is 34.9 Å². The van der Waals surface area contributed by atoms with Gasteiger partial charge in [0, 0.05) is 34.6 Å². The Bertz CT molecular complexity index is 1020. The van der Waals surface area contributed by atoms with Gasteiger partial charge in [0.1, 0.15) is 11.5 Å². The summed E-state index contributed by atoms with van der Waals surface area (Å²) in [5.41, 5.74) is 2.45. The van der Waals surface area contributed by atoms with Crippen LogP contribution in [0, 0.1) is 0 Å². The summed E-state index contributed by atoms with van der Waals surface area (Å²) in [5.74, 6) is 1.98. The van der Waals surface area contributed by atoms with Gasteiger partial charge in [0.05, 0.1) is 22.0 Å². The first-order valence-electron chi connectivity index (χ1n) is 10.2. The number of ether oxygens (including phenoxy) is 2. The van der Waals surface area contributed by atoms with Crippen molar-refractivity contribution in [3.8, 4) is 11.5 Å². The summed E-state index contributed by atoms with van der Waals surface area (Å²) < 4.78 is 17.1. The van der Waals surface area contributed by atoms with Crippen LogP contribution in [0.25, 0.3) is 10.1 Å². The van der Waals surface area contributed by atoms with E-state index in [4.69, 9.17) is 21.1 Å². The van der Waals surface area contributed by atoms with Crippen LogP contribution in [0.15, 0.2) is 35.2 Å². The Labute approximate surface area is 191 Å². The maximum atomic E-state index is 11.0. The largest absolute Gasteiger partial charge is 0.493 e. The molecule has 0 aliphatic carbocycles. The molecular formula is C23H26ClNO3S2. The molecule has 0 atom stereocenters. The summed E-state index contributed by atoms with van der Waals surface area (Å²) in [4.78, 5) is 12.0. The third kappa shape index (κ3) is 5.68. The van der Waals surface area contributed by atoms with Crippen molar-refractivity contribution < 1.29 is 14.3 Å². The summed E-state index contributed by atoms with van der Waals surface area (Å²) in [5, 5.41) is 1.85. The van der Waals surface area contributed by atoms with E-state index in [2.05, 4.69) is 30.4 Å². The molecule has 4 nitrogen and oxygen atoms in total. The number of benzene rings is 2. The predicted molar refractivity (Wildman–Crippen MR) is 127 cm³/mol. The van der Waals surface area contributed by atoms with E-state index in [1.54, 1.807) is 35.4 Å². The van der Waals surface area contributed by atoms with Crippen LogP contribution in [0.2, 0.25) is 5.02 Å². The van der Waals surface area contributed by atoms with E-state index < -0.39 is 0 Å². The fourth-order valence-electron chi connectivity index (χ4n) is 3.22. The number of carbonyl (C=O) groups is 1. The molecule has 7 heteroatoms. The van der Waals surface area contributed by atoms with Crippen LogP contribution < -0.4 is 9.47 Å². The van der Waals surface area contributed by atoms with Crippen molar-refractivity contribution in [2.24, 2.45) is 0 Å². The molecule has 160 valence electrons. The molecular weight excluding hydrogens is 438 g/mol. The fourth-order valence-corrected chi connectivity index (χ4v) is 5.42. The number of hydrogen-bond acceptors (Lipinski definition) is 6. The zero-order chi connectivity index (χ0) is 21.5. The van der Waals surface area contributed by atoms with Crippen molar-refractivity contribution in [3.05, 3.63) is 46.6 Å². The Balaban J connectivity index is 1.56. The van der Waals surface area contributed by atoms with Crippen molar-refractivity contribution in [1.82, 2.24) is 4.37 Å². The van der Waals surface area contributed by atoms with Crippen molar-refractivity contribution in [2.45, 2.75) is 51.3 Å². The van der Waals surface area contributed by atoms with Gasteiger partial charge in [-0.1, -0.05) is 31.9 Å². The van der Waals surface area contributed by atoms with Crippen LogP contribution in [0.3, 0.4) is 0 Å². The van der Waals surface area contributed by atoms with Crippen LogP contribution in [-0.4, -0.2) is 22.7 Å². The Morgan fingerprint density at radius 2 is 2.07 bits per heavy atom. The number of aromatic nitrogens is 1. The van der Waals surface area contributed by atoms with E-state index in [0.29, 0.717) is 17.4 Å². The molecule has 0 N–H and O–H groups in total. The zero-order valence-electron chi connectivity index (χ0n) is 17.5. The fraction of sp³-hybridized carbons (Fsp3) is 0.391. The molecule has 3 rings (SSSR count). The summed E-state index contributed by atoms with van der Waals surface area (Å²) in [7, 11) is 0. The number of thioether (sulfide) groups is 1. The first kappa shape index (κ1) is 22.9. The van der Waals surface area contributed by atoms with Crippen molar-refractivity contribution in [2.75, 3.05) is 12.4 Å². The lowest BCUT2D eigenvalue weighted by molar-refractivity contribution is -0.131. The van der Waals surface area contributed by atoms with Crippen LogP contribution in [0.5, 0.6) is 11.5 Å². The van der Waals surface area contributed by atoms with Gasteiger partial charge in [-0.15, -0.1) is 11.8 Å². The van der Waals surface area contributed by atoms with Gasteiger partial charge in [0.25, 0.3) is 0 Å². The van der Waals surface area contributed by atoms with Gasteiger partial charge in [0.2, 0.25) is 0 Å². The van der Waals surface area contributed by atoms with Gasteiger partial charge in [-0.3, -0.25) is 4.79 Å². The second-order valence-corrected chi connectivity index (χ2v) is 9.21. The minimum atomic E-state index is -0.353. The first-order chi connectivity index (χ1) is 14.5. The third-order valence-electron chi connectivity index (χ3n) is 4.58. The Morgan fingerprint density at radius 1 is 1.23 bits per heavy atom. The number of aryl methyl sites for hydroxylation is 2. The van der Waals surface area contributed by atoms with Gasteiger partial charge in [-0.25, -0.2) is 0 Å². The van der Waals surface area contributed by atoms with E-state index in [1.807, 2.05) is 6.07 Å². The van der Waals surface area contributed by atoms with Gasteiger partial charge < -0.3 is 9.47 Å². The maximum absolute atomic E-state index is 11.0. The number of esters is 1. The highest BCUT2D eigenvalue weighted by molar-refractivity contribution is 7.99. The quantitative estimate of drug-likeness (QED) is 0.141. The highest BCUT2D eigenvalue weighted by Gasteiger charge is 2.13. The topological polar surface area (TPSA) is 48.4 Å². The van der Waals surface area contributed by atoms with Gasteiger partial charge in [-0.2, -0.15) is 4.37 Å². The lowest BCUT2D eigenvalue weighted by Crippen LogP contribution is -2.02. The molecule has 1 heterocycles. The molecule has 0 aliphatic rings. The molecule has 3 aromatic rings. The van der Waals surface area contributed by atoms with Gasteiger partial charge in [0.15, 0.2) is 0 Å². The number of fused-ring (bicyclic) bond motifs is 1. The van der Waals surface area contributed by atoms with E-state index in [0.717, 1.165) is 42.1 Å². The second-order valence-electron chi connectivity index (χ2n) is 6.89. The highest BCUT2D eigenvalue weighted by atomic mass is 35.5. The predicted octanol–water partition coefficient (Wildman–Crippen LogP) is 6.95. The molecule has 0 spiro atoms. The molecule has 0 fully saturated rings. The standard InChI is InChI=1S/C23H26ClNO3S2/c1-4-7-18-21(10-9-17-20(5-2)25-30-23(17)18)27-12-6-13-29-22-11-8-16(14-19(22)24)28-15(3)26/h8-11,14H,4-7,12-13H2,1-3H3. The average Bonchev–Trinajstić information content (AvgIpc) is 3.13. The lowest BCUT2D eigenvalue weighted by Gasteiger charge is -2.12. The molecule has 1 aromatic heterocycles. The highest BCUT2D eigenvalue weighted by Crippen LogP contribution is 2.35. The van der Waals surface area contributed by atoms with Gasteiger partial charge in [-0.05, 0) is 55.1 Å². The Morgan fingerprint density at radius 3 is 2.77 bits per heavy atom.